The number of hydrogen-bond donors (Lipinski definition) is 1. The molecule has 0 aliphatic rings. The van der Waals surface area contributed by atoms with E-state index >= 15 is 0 Å². The molecule has 0 spiro atoms. The Bertz CT molecular complexity index is 797. The predicted molar refractivity (Wildman–Crippen MR) is 99.7 cm³/mol. The molecule has 5 heteroatoms. The summed E-state index contributed by atoms with van der Waals surface area (Å²) in [5.74, 6) is -1.41. The summed E-state index contributed by atoms with van der Waals surface area (Å²) in [6.07, 6.45) is 0. The molecular weight excluding hydrogens is 330 g/mol. The summed E-state index contributed by atoms with van der Waals surface area (Å²) < 4.78 is 5.50. The number of esters is 1. The number of rotatable bonds is 8. The van der Waals surface area contributed by atoms with Crippen molar-refractivity contribution in [2.24, 2.45) is 0 Å². The minimum atomic E-state index is -0.805. The topological polar surface area (TPSA) is 63.6 Å². The lowest BCUT2D eigenvalue weighted by molar-refractivity contribution is -0.903. The molecule has 26 heavy (non-hydrogen) atoms. The average molecular weight is 354 g/mol. The van der Waals surface area contributed by atoms with Crippen LogP contribution in [-0.4, -0.2) is 48.6 Å². The van der Waals surface area contributed by atoms with E-state index in [1.807, 2.05) is 56.6 Å². The van der Waals surface area contributed by atoms with Gasteiger partial charge in [-0.15, -0.1) is 0 Å². The molecule has 0 aliphatic carbocycles. The number of nitrogens with zero attached hydrogens (tertiary/aromatic N) is 1. The molecule has 0 bridgehead atoms. The van der Waals surface area contributed by atoms with Crippen molar-refractivity contribution >= 4 is 11.8 Å². The Morgan fingerprint density at radius 1 is 1.04 bits per heavy atom. The van der Waals surface area contributed by atoms with Crippen molar-refractivity contribution in [3.05, 3.63) is 83.6 Å². The zero-order chi connectivity index (χ0) is 19.2. The fraction of sp³-hybridized carbons (Fsp3) is 0.238. The van der Waals surface area contributed by atoms with Gasteiger partial charge in [0, 0.05) is 16.7 Å². The molecule has 136 valence electrons. The van der Waals surface area contributed by atoms with Gasteiger partial charge in [-0.05, 0) is 12.6 Å². The standard InChI is InChI=1S/C21H23NO4/c1-16(23)21(25)26-13-12-22(2,3)15-17-8-7-11-19(14-17)20(24)18-9-5-4-6-10-18/h4-11,14H,1,12-13,15H2,2-3H3/p+1. The molecule has 0 aliphatic heterocycles. The first-order chi connectivity index (χ1) is 12.3. The number of carbonyl (C=O) groups is 2. The summed E-state index contributed by atoms with van der Waals surface area (Å²) in [4.78, 5) is 23.8. The highest BCUT2D eigenvalue weighted by Crippen LogP contribution is 2.15. The summed E-state index contributed by atoms with van der Waals surface area (Å²) in [5.41, 5.74) is 2.33. The third-order valence-electron chi connectivity index (χ3n) is 4.00. The molecule has 2 aromatic rings. The van der Waals surface area contributed by atoms with Gasteiger partial charge in [-0.3, -0.25) is 4.79 Å². The van der Waals surface area contributed by atoms with Crippen LogP contribution in [0.1, 0.15) is 21.5 Å². The van der Waals surface area contributed by atoms with Crippen molar-refractivity contribution in [3.8, 4) is 0 Å². The van der Waals surface area contributed by atoms with E-state index in [0.717, 1.165) is 5.56 Å². The molecule has 0 unspecified atom stereocenters. The van der Waals surface area contributed by atoms with Crippen molar-refractivity contribution in [2.75, 3.05) is 27.2 Å². The normalized spacial score (nSPS) is 11.0. The van der Waals surface area contributed by atoms with Gasteiger partial charge in [0.25, 0.3) is 0 Å². The van der Waals surface area contributed by atoms with Crippen LogP contribution < -0.4 is 0 Å². The van der Waals surface area contributed by atoms with Crippen molar-refractivity contribution in [1.82, 2.24) is 0 Å². The maximum Gasteiger partial charge on any atom is 0.372 e. The predicted octanol–water partition coefficient (Wildman–Crippen LogP) is 3.11. The summed E-state index contributed by atoms with van der Waals surface area (Å²) in [6.45, 7) is 4.55. The molecule has 1 N–H and O–H groups in total. The van der Waals surface area contributed by atoms with Gasteiger partial charge in [0.2, 0.25) is 0 Å². The van der Waals surface area contributed by atoms with Crippen LogP contribution in [-0.2, 0) is 16.1 Å². The molecule has 0 saturated heterocycles. The largest absolute Gasteiger partial charge is 0.502 e. The first-order valence-corrected chi connectivity index (χ1v) is 8.34. The zero-order valence-corrected chi connectivity index (χ0v) is 15.1. The van der Waals surface area contributed by atoms with Crippen molar-refractivity contribution in [3.63, 3.8) is 0 Å². The van der Waals surface area contributed by atoms with E-state index in [2.05, 4.69) is 6.58 Å². The first kappa shape index (κ1) is 19.4. The van der Waals surface area contributed by atoms with Crippen LogP contribution in [0.3, 0.4) is 0 Å². The van der Waals surface area contributed by atoms with Gasteiger partial charge >= 0.3 is 5.97 Å². The number of aliphatic hydroxyl groups is 1. The molecule has 0 amide bonds. The van der Waals surface area contributed by atoms with Crippen molar-refractivity contribution in [1.29, 1.82) is 0 Å². The Balaban J connectivity index is 2.02. The molecular formula is C21H24NO4+. The highest BCUT2D eigenvalue weighted by molar-refractivity contribution is 6.09. The lowest BCUT2D eigenvalue weighted by atomic mass is 10.0. The van der Waals surface area contributed by atoms with Gasteiger partial charge in [-0.2, -0.15) is 0 Å². The summed E-state index contributed by atoms with van der Waals surface area (Å²) in [5, 5.41) is 8.96. The monoisotopic (exact) mass is 354 g/mol. The number of quaternary nitrogens is 1. The second-order valence-corrected chi connectivity index (χ2v) is 6.80. The van der Waals surface area contributed by atoms with Gasteiger partial charge in [0.05, 0.1) is 14.1 Å². The fourth-order valence-electron chi connectivity index (χ4n) is 2.61. The van der Waals surface area contributed by atoms with Crippen LogP contribution >= 0.6 is 0 Å². The highest BCUT2D eigenvalue weighted by Gasteiger charge is 2.18. The maximum atomic E-state index is 12.6. The van der Waals surface area contributed by atoms with E-state index in [4.69, 9.17) is 9.84 Å². The Labute approximate surface area is 153 Å². The van der Waals surface area contributed by atoms with Crippen LogP contribution in [0.4, 0.5) is 0 Å². The van der Waals surface area contributed by atoms with E-state index in [1.54, 1.807) is 12.1 Å². The summed E-state index contributed by atoms with van der Waals surface area (Å²) in [7, 11) is 4.01. The Morgan fingerprint density at radius 3 is 2.35 bits per heavy atom. The minimum Gasteiger partial charge on any atom is -0.502 e. The van der Waals surface area contributed by atoms with E-state index in [-0.39, 0.29) is 12.4 Å². The number of carbonyl (C=O) groups excluding carboxylic acids is 2. The van der Waals surface area contributed by atoms with Crippen LogP contribution in [0, 0.1) is 0 Å². The molecule has 2 aromatic carbocycles. The van der Waals surface area contributed by atoms with Crippen LogP contribution in [0.5, 0.6) is 0 Å². The second-order valence-electron chi connectivity index (χ2n) is 6.80. The second kappa shape index (κ2) is 8.45. The zero-order valence-electron chi connectivity index (χ0n) is 15.1. The Kier molecular flexibility index (Phi) is 6.31. The van der Waals surface area contributed by atoms with E-state index in [1.165, 1.54) is 0 Å². The van der Waals surface area contributed by atoms with Gasteiger partial charge < -0.3 is 14.3 Å². The first-order valence-electron chi connectivity index (χ1n) is 8.34. The number of benzene rings is 2. The molecule has 0 atom stereocenters. The van der Waals surface area contributed by atoms with Gasteiger partial charge in [0.15, 0.2) is 11.5 Å². The Morgan fingerprint density at radius 2 is 1.69 bits per heavy atom. The number of ketones is 1. The van der Waals surface area contributed by atoms with Crippen molar-refractivity contribution in [2.45, 2.75) is 6.54 Å². The number of hydrogen-bond acceptors (Lipinski definition) is 4. The van der Waals surface area contributed by atoms with Crippen LogP contribution in [0.15, 0.2) is 66.9 Å². The van der Waals surface area contributed by atoms with Gasteiger partial charge in [0.1, 0.15) is 19.7 Å². The molecule has 0 radical (unpaired) electrons. The summed E-state index contributed by atoms with van der Waals surface area (Å²) >= 11 is 0. The lowest BCUT2D eigenvalue weighted by Gasteiger charge is -2.29. The molecule has 0 fully saturated rings. The third kappa shape index (κ3) is 5.57. The SMILES string of the molecule is C=C(O)C(=O)OCC[N+](C)(C)Cc1cccc(C(=O)c2ccccc2)c1. The maximum absolute atomic E-state index is 12.6. The molecule has 5 nitrogen and oxygen atoms in total. The lowest BCUT2D eigenvalue weighted by Crippen LogP contribution is -2.41. The average Bonchev–Trinajstić information content (AvgIpc) is 2.61. The molecule has 0 heterocycles. The van der Waals surface area contributed by atoms with E-state index in [0.29, 0.717) is 28.7 Å². The minimum absolute atomic E-state index is 0.00635. The summed E-state index contributed by atoms with van der Waals surface area (Å²) in [6, 6.07) is 16.7. The quantitative estimate of drug-likeness (QED) is 0.260. The highest BCUT2D eigenvalue weighted by atomic mass is 16.5. The number of ether oxygens (including phenoxy) is 1. The smallest absolute Gasteiger partial charge is 0.372 e. The third-order valence-corrected chi connectivity index (χ3v) is 4.00. The van der Waals surface area contributed by atoms with Crippen LogP contribution in [0.2, 0.25) is 0 Å². The Hall–Kier alpha value is -2.92. The van der Waals surface area contributed by atoms with Gasteiger partial charge in [-0.25, -0.2) is 4.79 Å². The van der Waals surface area contributed by atoms with Crippen molar-refractivity contribution < 1.29 is 23.9 Å². The number of aliphatic hydroxyl groups excluding tert-OH is 1. The molecule has 0 aromatic heterocycles. The molecule has 0 saturated carbocycles. The van der Waals surface area contributed by atoms with Gasteiger partial charge in [-0.1, -0.05) is 48.5 Å². The van der Waals surface area contributed by atoms with E-state index in [9.17, 15) is 9.59 Å². The van der Waals surface area contributed by atoms with Crippen LogP contribution in [0.25, 0.3) is 0 Å². The molecule has 2 rings (SSSR count). The number of likely N-dealkylation sites (N-methyl/N-ethyl adjacent to an activating group) is 1. The van der Waals surface area contributed by atoms with E-state index < -0.39 is 11.7 Å². The fourth-order valence-corrected chi connectivity index (χ4v) is 2.61.